The van der Waals surface area contributed by atoms with E-state index in [0.29, 0.717) is 0 Å². The third kappa shape index (κ3) is 2.64. The molecule has 6 heteroatoms. The van der Waals surface area contributed by atoms with E-state index in [1.54, 1.807) is 12.1 Å². The van der Waals surface area contributed by atoms with Crippen molar-refractivity contribution in [3.8, 4) is 11.3 Å². The number of pyridine rings is 1. The van der Waals surface area contributed by atoms with E-state index >= 15 is 0 Å². The molecular weight excluding hydrogens is 358 g/mol. The van der Waals surface area contributed by atoms with Gasteiger partial charge < -0.3 is 4.98 Å². The number of nitrogens with two attached hydrogens (primary N) is 1. The summed E-state index contributed by atoms with van der Waals surface area (Å²) in [6, 6.07) is 13.0. The number of aromatic nitrogens is 2. The van der Waals surface area contributed by atoms with Gasteiger partial charge in [0.2, 0.25) is 10.0 Å². The van der Waals surface area contributed by atoms with Gasteiger partial charge in [-0.15, -0.1) is 0 Å². The summed E-state index contributed by atoms with van der Waals surface area (Å²) >= 11 is 0. The SMILES string of the molecule is NS(=O)(=O)c1ccc(-c2[nH]c3ccc4nccc4c3c3c2CCCC3)cc1. The average Bonchev–Trinajstić information content (AvgIpc) is 3.15. The fourth-order valence-electron chi connectivity index (χ4n) is 4.24. The van der Waals surface area contributed by atoms with Crippen molar-refractivity contribution in [2.75, 3.05) is 0 Å². The van der Waals surface area contributed by atoms with Crippen LogP contribution in [0.1, 0.15) is 24.0 Å². The van der Waals surface area contributed by atoms with E-state index in [0.717, 1.165) is 41.6 Å². The minimum Gasteiger partial charge on any atom is -0.354 e. The van der Waals surface area contributed by atoms with Crippen LogP contribution in [0.3, 0.4) is 0 Å². The third-order valence-corrected chi connectivity index (χ3v) is 6.41. The number of nitrogens with zero attached hydrogens (tertiary/aromatic N) is 1. The molecule has 0 atom stereocenters. The molecule has 5 rings (SSSR count). The van der Waals surface area contributed by atoms with Crippen molar-refractivity contribution in [2.24, 2.45) is 5.14 Å². The maximum absolute atomic E-state index is 11.6. The molecule has 1 aliphatic carbocycles. The average molecular weight is 377 g/mol. The first kappa shape index (κ1) is 16.5. The number of benzene rings is 2. The topological polar surface area (TPSA) is 88.8 Å². The van der Waals surface area contributed by atoms with Crippen LogP contribution in [0.15, 0.2) is 53.6 Å². The molecule has 0 aliphatic heterocycles. The molecule has 0 fully saturated rings. The van der Waals surface area contributed by atoms with Crippen LogP contribution in [0.2, 0.25) is 0 Å². The standard InChI is InChI=1S/C21H19N3O2S/c22-27(25,26)14-7-5-13(6-8-14)21-16-4-2-1-3-15(16)20-17-11-12-23-18(17)9-10-19(20)24-21/h5-12,24H,1-4H2,(H2,22,25,26). The molecule has 136 valence electrons. The summed E-state index contributed by atoms with van der Waals surface area (Å²) in [6.45, 7) is 0. The quantitative estimate of drug-likeness (QED) is 0.555. The summed E-state index contributed by atoms with van der Waals surface area (Å²) in [5, 5.41) is 7.69. The molecule has 0 saturated heterocycles. The van der Waals surface area contributed by atoms with Gasteiger partial charge in [-0.1, -0.05) is 12.1 Å². The summed E-state index contributed by atoms with van der Waals surface area (Å²) in [5.41, 5.74) is 6.86. The predicted octanol–water partition coefficient (Wildman–Crippen LogP) is 3.91. The summed E-state index contributed by atoms with van der Waals surface area (Å²) in [7, 11) is -3.69. The summed E-state index contributed by atoms with van der Waals surface area (Å²) in [6.07, 6.45) is 6.26. The Kier molecular flexibility index (Phi) is 3.60. The zero-order valence-corrected chi connectivity index (χ0v) is 15.5. The van der Waals surface area contributed by atoms with Crippen LogP contribution in [0.5, 0.6) is 0 Å². The predicted molar refractivity (Wildman–Crippen MR) is 107 cm³/mol. The lowest BCUT2D eigenvalue weighted by molar-refractivity contribution is 0.598. The van der Waals surface area contributed by atoms with E-state index in [2.05, 4.69) is 22.1 Å². The van der Waals surface area contributed by atoms with Gasteiger partial charge in [0.15, 0.2) is 0 Å². The van der Waals surface area contributed by atoms with E-state index < -0.39 is 10.0 Å². The molecule has 0 bridgehead atoms. The Morgan fingerprint density at radius 3 is 2.41 bits per heavy atom. The fraction of sp³-hybridized carbons (Fsp3) is 0.190. The highest BCUT2D eigenvalue weighted by Gasteiger charge is 2.20. The van der Waals surface area contributed by atoms with Crippen molar-refractivity contribution in [3.05, 3.63) is 59.8 Å². The molecule has 4 aromatic rings. The molecule has 3 N–H and O–H groups in total. The number of hydrogen-bond acceptors (Lipinski definition) is 3. The normalized spacial score (nSPS) is 14.6. The lowest BCUT2D eigenvalue weighted by Gasteiger charge is -2.23. The van der Waals surface area contributed by atoms with Crippen LogP contribution in [0, 0.1) is 0 Å². The Balaban J connectivity index is 1.79. The summed E-state index contributed by atoms with van der Waals surface area (Å²) in [5.74, 6) is 0. The number of aromatic amines is 1. The number of primary sulfonamides is 1. The van der Waals surface area contributed by atoms with Gasteiger partial charge in [-0.25, -0.2) is 13.6 Å². The zero-order chi connectivity index (χ0) is 18.6. The fourth-order valence-corrected chi connectivity index (χ4v) is 4.75. The van der Waals surface area contributed by atoms with Crippen molar-refractivity contribution in [3.63, 3.8) is 0 Å². The largest absolute Gasteiger partial charge is 0.354 e. The molecule has 0 amide bonds. The van der Waals surface area contributed by atoms with Crippen LogP contribution in [0.4, 0.5) is 0 Å². The molecule has 2 aromatic carbocycles. The molecule has 5 nitrogen and oxygen atoms in total. The molecule has 2 aromatic heterocycles. The number of H-pyrrole nitrogens is 1. The van der Waals surface area contributed by atoms with Gasteiger partial charge in [0, 0.05) is 28.2 Å². The second kappa shape index (κ2) is 5.90. The maximum Gasteiger partial charge on any atom is 0.238 e. The highest BCUT2D eigenvalue weighted by atomic mass is 32.2. The van der Waals surface area contributed by atoms with Crippen molar-refractivity contribution in [2.45, 2.75) is 30.6 Å². The van der Waals surface area contributed by atoms with E-state index in [-0.39, 0.29) is 4.90 Å². The monoisotopic (exact) mass is 377 g/mol. The van der Waals surface area contributed by atoms with Gasteiger partial charge in [0.25, 0.3) is 0 Å². The minimum absolute atomic E-state index is 0.130. The minimum atomic E-state index is -3.69. The van der Waals surface area contributed by atoms with Crippen LogP contribution in [0.25, 0.3) is 33.1 Å². The zero-order valence-electron chi connectivity index (χ0n) is 14.7. The highest BCUT2D eigenvalue weighted by Crippen LogP contribution is 2.38. The molecule has 27 heavy (non-hydrogen) atoms. The lowest BCUT2D eigenvalue weighted by atomic mass is 9.85. The van der Waals surface area contributed by atoms with Crippen molar-refractivity contribution < 1.29 is 8.42 Å². The second-order valence-electron chi connectivity index (χ2n) is 7.10. The number of aryl methyl sites for hydroxylation is 1. The molecule has 0 unspecified atom stereocenters. The summed E-state index contributed by atoms with van der Waals surface area (Å²) < 4.78 is 23.1. The molecule has 0 spiro atoms. The second-order valence-corrected chi connectivity index (χ2v) is 8.66. The Labute approximate surface area is 157 Å². The Hall–Kier alpha value is -2.70. The number of sulfonamides is 1. The lowest BCUT2D eigenvalue weighted by Crippen LogP contribution is -2.12. The van der Waals surface area contributed by atoms with Gasteiger partial charge >= 0.3 is 0 Å². The van der Waals surface area contributed by atoms with E-state index in [1.165, 1.54) is 28.3 Å². The van der Waals surface area contributed by atoms with Crippen molar-refractivity contribution in [1.29, 1.82) is 0 Å². The van der Waals surface area contributed by atoms with Gasteiger partial charge in [-0.3, -0.25) is 4.98 Å². The summed E-state index contributed by atoms with van der Waals surface area (Å²) in [4.78, 5) is 8.18. The molecule has 0 radical (unpaired) electrons. The van der Waals surface area contributed by atoms with Crippen LogP contribution >= 0.6 is 0 Å². The Morgan fingerprint density at radius 1 is 0.926 bits per heavy atom. The number of nitrogens with one attached hydrogen (secondary N) is 1. The number of rotatable bonds is 2. The molecule has 0 saturated carbocycles. The molecule has 2 heterocycles. The smallest absolute Gasteiger partial charge is 0.238 e. The maximum atomic E-state index is 11.6. The van der Waals surface area contributed by atoms with Crippen LogP contribution in [-0.2, 0) is 22.9 Å². The van der Waals surface area contributed by atoms with Gasteiger partial charge in [-0.05, 0) is 72.7 Å². The first-order valence-corrected chi connectivity index (χ1v) is 10.6. The van der Waals surface area contributed by atoms with Crippen molar-refractivity contribution in [1.82, 2.24) is 9.97 Å². The van der Waals surface area contributed by atoms with Gasteiger partial charge in [0.1, 0.15) is 0 Å². The van der Waals surface area contributed by atoms with E-state index in [1.807, 2.05) is 24.4 Å². The Bertz CT molecular complexity index is 1290. The number of hydrogen-bond donors (Lipinski definition) is 2. The first-order chi connectivity index (χ1) is 13.0. The Morgan fingerprint density at radius 2 is 1.67 bits per heavy atom. The van der Waals surface area contributed by atoms with Gasteiger partial charge in [0.05, 0.1) is 10.4 Å². The highest BCUT2D eigenvalue weighted by molar-refractivity contribution is 7.89. The van der Waals surface area contributed by atoms with E-state index in [9.17, 15) is 8.42 Å². The molecule has 1 aliphatic rings. The number of fused-ring (bicyclic) bond motifs is 5. The van der Waals surface area contributed by atoms with E-state index in [4.69, 9.17) is 5.14 Å². The third-order valence-electron chi connectivity index (χ3n) is 5.48. The van der Waals surface area contributed by atoms with Crippen LogP contribution < -0.4 is 5.14 Å². The van der Waals surface area contributed by atoms with Crippen molar-refractivity contribution >= 4 is 31.8 Å². The van der Waals surface area contributed by atoms with Gasteiger partial charge in [-0.2, -0.15) is 0 Å². The van der Waals surface area contributed by atoms with Crippen LogP contribution in [-0.4, -0.2) is 18.4 Å². The molecular formula is C21H19N3O2S. The first-order valence-electron chi connectivity index (χ1n) is 9.07.